The number of ether oxygens (including phenoxy) is 1. The Balaban J connectivity index is 1.77. The third-order valence-electron chi connectivity index (χ3n) is 3.92. The molecular formula is C17H29N3O. The van der Waals surface area contributed by atoms with Crippen LogP contribution < -0.4 is 10.5 Å². The molecule has 0 bridgehead atoms. The van der Waals surface area contributed by atoms with Gasteiger partial charge >= 0.3 is 0 Å². The number of rotatable bonds is 8. The van der Waals surface area contributed by atoms with Crippen molar-refractivity contribution < 1.29 is 4.74 Å². The maximum Gasteiger partial charge on any atom is 0.119 e. The lowest BCUT2D eigenvalue weighted by Crippen LogP contribution is -2.46. The number of benzene rings is 1. The third-order valence-corrected chi connectivity index (χ3v) is 3.92. The second-order valence-corrected chi connectivity index (χ2v) is 5.76. The first-order valence-corrected chi connectivity index (χ1v) is 8.18. The molecule has 1 fully saturated rings. The van der Waals surface area contributed by atoms with Gasteiger partial charge in [0.05, 0.1) is 6.61 Å². The number of nitrogens with two attached hydrogens (primary N) is 1. The lowest BCUT2D eigenvalue weighted by molar-refractivity contribution is 0.126. The van der Waals surface area contributed by atoms with Crippen LogP contribution in [0.1, 0.15) is 25.3 Å². The fourth-order valence-electron chi connectivity index (χ4n) is 2.70. The highest BCUT2D eigenvalue weighted by atomic mass is 16.5. The minimum Gasteiger partial charge on any atom is -0.494 e. The Bertz CT molecular complexity index is 403. The predicted molar refractivity (Wildman–Crippen MR) is 87.6 cm³/mol. The van der Waals surface area contributed by atoms with Gasteiger partial charge in [-0.1, -0.05) is 19.1 Å². The summed E-state index contributed by atoms with van der Waals surface area (Å²) in [6, 6.07) is 8.51. The molecule has 118 valence electrons. The van der Waals surface area contributed by atoms with Crippen molar-refractivity contribution in [2.45, 2.75) is 26.3 Å². The third kappa shape index (κ3) is 5.65. The summed E-state index contributed by atoms with van der Waals surface area (Å²) in [5.41, 5.74) is 6.92. The van der Waals surface area contributed by atoms with E-state index in [1.807, 2.05) is 6.07 Å². The minimum absolute atomic E-state index is 0.795. The van der Waals surface area contributed by atoms with Crippen molar-refractivity contribution in [2.75, 3.05) is 45.9 Å². The highest BCUT2D eigenvalue weighted by Gasteiger charge is 2.16. The lowest BCUT2D eigenvalue weighted by Gasteiger charge is -2.34. The van der Waals surface area contributed by atoms with Gasteiger partial charge in [0.2, 0.25) is 0 Å². The number of nitrogens with zero attached hydrogens (tertiary/aromatic N) is 2. The van der Waals surface area contributed by atoms with Crippen LogP contribution in [0.4, 0.5) is 0 Å². The van der Waals surface area contributed by atoms with Crippen LogP contribution in [0.25, 0.3) is 0 Å². The monoisotopic (exact) mass is 291 g/mol. The molecule has 4 nitrogen and oxygen atoms in total. The Hall–Kier alpha value is -1.10. The molecule has 21 heavy (non-hydrogen) atoms. The van der Waals surface area contributed by atoms with Crippen molar-refractivity contribution in [1.82, 2.24) is 9.80 Å². The van der Waals surface area contributed by atoms with Crippen LogP contribution in [-0.2, 0) is 6.54 Å². The summed E-state index contributed by atoms with van der Waals surface area (Å²) in [6.45, 7) is 10.5. The summed E-state index contributed by atoms with van der Waals surface area (Å²) in [5.74, 6) is 0.996. The molecule has 0 aromatic heterocycles. The zero-order valence-corrected chi connectivity index (χ0v) is 13.3. The normalized spacial score (nSPS) is 17.0. The van der Waals surface area contributed by atoms with E-state index in [4.69, 9.17) is 10.5 Å². The van der Waals surface area contributed by atoms with Crippen LogP contribution in [0.15, 0.2) is 24.3 Å². The quantitative estimate of drug-likeness (QED) is 0.795. The van der Waals surface area contributed by atoms with Crippen LogP contribution in [0.2, 0.25) is 0 Å². The topological polar surface area (TPSA) is 41.7 Å². The van der Waals surface area contributed by atoms with E-state index >= 15 is 0 Å². The van der Waals surface area contributed by atoms with Crippen molar-refractivity contribution in [3.8, 4) is 5.75 Å². The van der Waals surface area contributed by atoms with Gasteiger partial charge in [0, 0.05) is 32.7 Å². The maximum absolute atomic E-state index is 5.71. The van der Waals surface area contributed by atoms with E-state index in [-0.39, 0.29) is 0 Å². The molecular weight excluding hydrogens is 262 g/mol. The summed E-state index contributed by atoms with van der Waals surface area (Å²) >= 11 is 0. The van der Waals surface area contributed by atoms with Gasteiger partial charge in [0.25, 0.3) is 0 Å². The Kier molecular flexibility index (Phi) is 7.00. The molecule has 0 amide bonds. The number of hydrogen-bond acceptors (Lipinski definition) is 4. The second-order valence-electron chi connectivity index (χ2n) is 5.76. The molecule has 1 aromatic carbocycles. The molecule has 0 unspecified atom stereocenters. The van der Waals surface area contributed by atoms with Crippen LogP contribution in [0.5, 0.6) is 5.75 Å². The predicted octanol–water partition coefficient (Wildman–Crippen LogP) is 1.94. The van der Waals surface area contributed by atoms with E-state index in [2.05, 4.69) is 34.9 Å². The fourth-order valence-corrected chi connectivity index (χ4v) is 2.70. The molecule has 0 aliphatic carbocycles. The van der Waals surface area contributed by atoms with Gasteiger partial charge in [-0.3, -0.25) is 4.90 Å². The van der Waals surface area contributed by atoms with E-state index in [0.29, 0.717) is 0 Å². The molecule has 1 aromatic rings. The Labute approximate surface area is 128 Å². The van der Waals surface area contributed by atoms with Crippen LogP contribution in [0.3, 0.4) is 0 Å². The van der Waals surface area contributed by atoms with Crippen molar-refractivity contribution in [3.63, 3.8) is 0 Å². The summed E-state index contributed by atoms with van der Waals surface area (Å²) in [7, 11) is 0. The Morgan fingerprint density at radius 3 is 2.62 bits per heavy atom. The van der Waals surface area contributed by atoms with E-state index in [9.17, 15) is 0 Å². The maximum atomic E-state index is 5.71. The van der Waals surface area contributed by atoms with Crippen molar-refractivity contribution in [1.29, 1.82) is 0 Å². The number of hydrogen-bond donors (Lipinski definition) is 1. The minimum atomic E-state index is 0.795. The van der Waals surface area contributed by atoms with Gasteiger partial charge in [0.1, 0.15) is 5.75 Å². The molecule has 1 aliphatic rings. The fraction of sp³-hybridized carbons (Fsp3) is 0.647. The van der Waals surface area contributed by atoms with Gasteiger partial charge in [-0.15, -0.1) is 0 Å². The van der Waals surface area contributed by atoms with E-state index in [0.717, 1.165) is 71.0 Å². The first-order chi connectivity index (χ1) is 10.3. The molecule has 1 saturated heterocycles. The highest BCUT2D eigenvalue weighted by Crippen LogP contribution is 2.16. The molecule has 0 radical (unpaired) electrons. The van der Waals surface area contributed by atoms with Gasteiger partial charge in [0.15, 0.2) is 0 Å². The highest BCUT2D eigenvalue weighted by molar-refractivity contribution is 5.28. The summed E-state index contributed by atoms with van der Waals surface area (Å²) in [6.07, 6.45) is 2.16. The van der Waals surface area contributed by atoms with Crippen LogP contribution in [-0.4, -0.2) is 55.7 Å². The zero-order chi connectivity index (χ0) is 14.9. The zero-order valence-electron chi connectivity index (χ0n) is 13.3. The summed E-state index contributed by atoms with van der Waals surface area (Å²) < 4.78 is 5.71. The van der Waals surface area contributed by atoms with Crippen molar-refractivity contribution in [3.05, 3.63) is 29.8 Å². The largest absolute Gasteiger partial charge is 0.494 e. The lowest BCUT2D eigenvalue weighted by atomic mass is 10.2. The van der Waals surface area contributed by atoms with Gasteiger partial charge < -0.3 is 15.4 Å². The first kappa shape index (κ1) is 16.3. The smallest absolute Gasteiger partial charge is 0.119 e. The van der Waals surface area contributed by atoms with E-state index in [1.54, 1.807) is 0 Å². The number of piperazine rings is 1. The van der Waals surface area contributed by atoms with Crippen LogP contribution in [0, 0.1) is 0 Å². The van der Waals surface area contributed by atoms with Gasteiger partial charge in [-0.25, -0.2) is 0 Å². The average Bonchev–Trinajstić information content (AvgIpc) is 2.53. The molecule has 1 heterocycles. The summed E-state index contributed by atoms with van der Waals surface area (Å²) in [5, 5.41) is 0. The van der Waals surface area contributed by atoms with Crippen molar-refractivity contribution in [2.24, 2.45) is 5.73 Å². The Morgan fingerprint density at radius 1 is 1.14 bits per heavy atom. The Morgan fingerprint density at radius 2 is 1.90 bits per heavy atom. The van der Waals surface area contributed by atoms with E-state index < -0.39 is 0 Å². The molecule has 0 spiro atoms. The van der Waals surface area contributed by atoms with Gasteiger partial charge in [-0.2, -0.15) is 0 Å². The molecule has 0 saturated carbocycles. The molecule has 0 atom stereocenters. The molecule has 4 heteroatoms. The summed E-state index contributed by atoms with van der Waals surface area (Å²) in [4.78, 5) is 5.04. The SMILES string of the molecule is CCCOc1cccc(CN2CCN(CCCN)CC2)c1. The second kappa shape index (κ2) is 9.03. The van der Waals surface area contributed by atoms with Gasteiger partial charge in [-0.05, 0) is 43.6 Å². The average molecular weight is 291 g/mol. The van der Waals surface area contributed by atoms with Crippen molar-refractivity contribution >= 4 is 0 Å². The first-order valence-electron chi connectivity index (χ1n) is 8.18. The molecule has 2 rings (SSSR count). The van der Waals surface area contributed by atoms with Crippen LogP contribution >= 0.6 is 0 Å². The standard InChI is InChI=1S/C17H29N3O/c1-2-13-21-17-6-3-5-16(14-17)15-20-11-9-19(10-12-20)8-4-7-18/h3,5-6,14H,2,4,7-13,15,18H2,1H3. The molecule has 2 N–H and O–H groups in total. The molecule has 1 aliphatic heterocycles. The van der Waals surface area contributed by atoms with E-state index in [1.165, 1.54) is 5.56 Å².